The molecule has 1 heterocycles. The molecule has 114 valence electrons. The summed E-state index contributed by atoms with van der Waals surface area (Å²) in [5.74, 6) is 0.673. The van der Waals surface area contributed by atoms with Crippen LogP contribution < -0.4 is 4.74 Å². The van der Waals surface area contributed by atoms with Gasteiger partial charge in [-0.15, -0.1) is 0 Å². The molecule has 1 aliphatic heterocycles. The lowest BCUT2D eigenvalue weighted by Gasteiger charge is -2.03. The zero-order valence-electron chi connectivity index (χ0n) is 12.8. The first-order chi connectivity index (χ1) is 10.2. The fraction of sp³-hybridized carbons (Fsp3) is 0.529. The van der Waals surface area contributed by atoms with Gasteiger partial charge in [-0.2, -0.15) is 0 Å². The molecule has 0 aliphatic carbocycles. The van der Waals surface area contributed by atoms with E-state index in [1.165, 1.54) is 5.56 Å². The number of aryl methyl sites for hydroxylation is 1. The molecule has 4 heteroatoms. The zero-order chi connectivity index (χ0) is 15.1. The predicted molar refractivity (Wildman–Crippen MR) is 83.0 cm³/mol. The minimum Gasteiger partial charge on any atom is -0.497 e. The van der Waals surface area contributed by atoms with Gasteiger partial charge in [-0.25, -0.2) is 4.79 Å². The Hall–Kier alpha value is -1.84. The highest BCUT2D eigenvalue weighted by Crippen LogP contribution is 2.20. The summed E-state index contributed by atoms with van der Waals surface area (Å²) < 4.78 is 10.3. The third-order valence-electron chi connectivity index (χ3n) is 3.59. The maximum atomic E-state index is 11.7. The van der Waals surface area contributed by atoms with Gasteiger partial charge in [0.15, 0.2) is 6.04 Å². The van der Waals surface area contributed by atoms with Crippen LogP contribution in [0.5, 0.6) is 5.75 Å². The topological polar surface area (TPSA) is 47.9 Å². The number of esters is 1. The number of benzene rings is 1. The third-order valence-corrected chi connectivity index (χ3v) is 3.59. The summed E-state index contributed by atoms with van der Waals surface area (Å²) in [4.78, 5) is 15.9. The average molecular weight is 289 g/mol. The molecule has 1 atom stereocenters. The summed E-state index contributed by atoms with van der Waals surface area (Å²) in [6, 6.07) is 7.68. The summed E-state index contributed by atoms with van der Waals surface area (Å²) >= 11 is 0. The van der Waals surface area contributed by atoms with Crippen LogP contribution in [0.3, 0.4) is 0 Å². The lowest BCUT2D eigenvalue weighted by Crippen LogP contribution is -2.17. The molecule has 0 radical (unpaired) electrons. The van der Waals surface area contributed by atoms with E-state index in [0.717, 1.165) is 43.6 Å². The lowest BCUT2D eigenvalue weighted by atomic mass is 10.1. The predicted octanol–water partition coefficient (Wildman–Crippen LogP) is 3.18. The number of rotatable bonds is 9. The van der Waals surface area contributed by atoms with Crippen molar-refractivity contribution in [3.63, 3.8) is 0 Å². The smallest absolute Gasteiger partial charge is 0.336 e. The normalized spacial score (nSPS) is 16.3. The zero-order valence-corrected chi connectivity index (χ0v) is 12.8. The molecule has 2 rings (SSSR count). The Kier molecular flexibility index (Phi) is 5.78. The summed E-state index contributed by atoms with van der Waals surface area (Å²) in [5, 5.41) is 0. The van der Waals surface area contributed by atoms with Gasteiger partial charge in [0.25, 0.3) is 0 Å². The molecule has 0 bridgehead atoms. The molecule has 1 aromatic carbocycles. The van der Waals surface area contributed by atoms with Gasteiger partial charge < -0.3 is 9.47 Å². The van der Waals surface area contributed by atoms with Crippen molar-refractivity contribution in [3.8, 4) is 5.75 Å². The maximum absolute atomic E-state index is 11.7. The highest BCUT2D eigenvalue weighted by atomic mass is 16.5. The number of aliphatic imine (C=N–C) groups is 1. The van der Waals surface area contributed by atoms with Gasteiger partial charge in [0.1, 0.15) is 5.75 Å². The second kappa shape index (κ2) is 7.81. The van der Waals surface area contributed by atoms with Crippen molar-refractivity contribution in [1.29, 1.82) is 0 Å². The Morgan fingerprint density at radius 3 is 2.62 bits per heavy atom. The summed E-state index contributed by atoms with van der Waals surface area (Å²) in [6.07, 6.45) is 4.88. The van der Waals surface area contributed by atoms with E-state index in [4.69, 9.17) is 9.47 Å². The van der Waals surface area contributed by atoms with Crippen molar-refractivity contribution in [2.75, 3.05) is 13.7 Å². The second-order valence-electron chi connectivity index (χ2n) is 5.25. The second-order valence-corrected chi connectivity index (χ2v) is 5.25. The Morgan fingerprint density at radius 1 is 1.19 bits per heavy atom. The van der Waals surface area contributed by atoms with Crippen LogP contribution in [-0.2, 0) is 16.0 Å². The van der Waals surface area contributed by atoms with Crippen molar-refractivity contribution in [2.45, 2.75) is 45.1 Å². The van der Waals surface area contributed by atoms with Crippen LogP contribution in [0.25, 0.3) is 0 Å². The van der Waals surface area contributed by atoms with E-state index in [-0.39, 0.29) is 12.0 Å². The van der Waals surface area contributed by atoms with Crippen molar-refractivity contribution < 1.29 is 14.3 Å². The van der Waals surface area contributed by atoms with Crippen LogP contribution in [0.15, 0.2) is 29.3 Å². The summed E-state index contributed by atoms with van der Waals surface area (Å²) in [5.41, 5.74) is 2.19. The van der Waals surface area contributed by atoms with Gasteiger partial charge in [0, 0.05) is 0 Å². The van der Waals surface area contributed by atoms with Crippen molar-refractivity contribution >= 4 is 11.7 Å². The molecule has 0 aromatic heterocycles. The maximum Gasteiger partial charge on any atom is 0.336 e. The molecule has 0 saturated carbocycles. The highest BCUT2D eigenvalue weighted by Gasteiger charge is 2.35. The number of nitrogens with zero attached hydrogens (tertiary/aromatic N) is 1. The Labute approximate surface area is 126 Å². The molecular weight excluding hydrogens is 266 g/mol. The van der Waals surface area contributed by atoms with Gasteiger partial charge >= 0.3 is 5.97 Å². The van der Waals surface area contributed by atoms with Crippen molar-refractivity contribution in [3.05, 3.63) is 29.8 Å². The molecule has 0 fully saturated rings. The minimum atomic E-state index is -0.301. The molecule has 1 unspecified atom stereocenters. The van der Waals surface area contributed by atoms with E-state index >= 15 is 0 Å². The first kappa shape index (κ1) is 15.5. The first-order valence-corrected chi connectivity index (χ1v) is 7.60. The Bertz CT molecular complexity index is 493. The van der Waals surface area contributed by atoms with E-state index in [2.05, 4.69) is 11.9 Å². The quantitative estimate of drug-likeness (QED) is 0.518. The lowest BCUT2D eigenvalue weighted by molar-refractivity contribution is -0.142. The Balaban J connectivity index is 1.64. The third kappa shape index (κ3) is 4.88. The van der Waals surface area contributed by atoms with Crippen molar-refractivity contribution in [2.24, 2.45) is 4.99 Å². The van der Waals surface area contributed by atoms with E-state index < -0.39 is 0 Å². The largest absolute Gasteiger partial charge is 0.497 e. The van der Waals surface area contributed by atoms with E-state index in [1.807, 2.05) is 24.3 Å². The number of ether oxygens (including phenoxy) is 2. The summed E-state index contributed by atoms with van der Waals surface area (Å²) in [6.45, 7) is 2.65. The Morgan fingerprint density at radius 2 is 1.95 bits per heavy atom. The van der Waals surface area contributed by atoms with E-state index in [0.29, 0.717) is 6.61 Å². The fourth-order valence-electron chi connectivity index (χ4n) is 2.19. The first-order valence-electron chi connectivity index (χ1n) is 7.60. The average Bonchev–Trinajstić information content (AvgIpc) is 3.29. The molecule has 1 aliphatic rings. The SMILES string of the molecule is CCCCCOC(=O)C1N=C1CCc1ccc(OC)cc1. The van der Waals surface area contributed by atoms with Gasteiger partial charge in [0.2, 0.25) is 0 Å². The molecule has 0 saturated heterocycles. The van der Waals surface area contributed by atoms with Gasteiger partial charge in [-0.3, -0.25) is 4.99 Å². The van der Waals surface area contributed by atoms with Crippen LogP contribution >= 0.6 is 0 Å². The highest BCUT2D eigenvalue weighted by molar-refractivity contribution is 6.16. The van der Waals surface area contributed by atoms with Crippen LogP contribution in [0, 0.1) is 0 Å². The number of hydrogen-bond donors (Lipinski definition) is 0. The molecule has 0 spiro atoms. The molecule has 21 heavy (non-hydrogen) atoms. The monoisotopic (exact) mass is 289 g/mol. The van der Waals surface area contributed by atoms with E-state index in [9.17, 15) is 4.79 Å². The van der Waals surface area contributed by atoms with Crippen LogP contribution in [-0.4, -0.2) is 31.4 Å². The van der Waals surface area contributed by atoms with Crippen LogP contribution in [0.4, 0.5) is 0 Å². The molecule has 4 nitrogen and oxygen atoms in total. The van der Waals surface area contributed by atoms with E-state index in [1.54, 1.807) is 7.11 Å². The van der Waals surface area contributed by atoms with Crippen molar-refractivity contribution in [1.82, 2.24) is 0 Å². The number of carbonyl (C=O) groups is 1. The number of unbranched alkanes of at least 4 members (excludes halogenated alkanes) is 2. The number of methoxy groups -OCH3 is 1. The number of carbonyl (C=O) groups excluding carboxylic acids is 1. The minimum absolute atomic E-state index is 0.184. The van der Waals surface area contributed by atoms with Gasteiger partial charge in [0.05, 0.1) is 19.4 Å². The molecular formula is C17H23NO3. The fourth-order valence-corrected chi connectivity index (χ4v) is 2.19. The molecule has 0 N–H and O–H groups in total. The molecule has 0 amide bonds. The van der Waals surface area contributed by atoms with Crippen LogP contribution in [0.2, 0.25) is 0 Å². The number of hydrogen-bond acceptors (Lipinski definition) is 4. The van der Waals surface area contributed by atoms with Gasteiger partial charge in [-0.05, 0) is 37.0 Å². The molecule has 1 aromatic rings. The van der Waals surface area contributed by atoms with Gasteiger partial charge in [-0.1, -0.05) is 31.9 Å². The summed E-state index contributed by atoms with van der Waals surface area (Å²) in [7, 11) is 1.66. The van der Waals surface area contributed by atoms with Crippen LogP contribution in [0.1, 0.15) is 38.2 Å². The standard InChI is InChI=1S/C17H23NO3/c1-3-4-5-12-21-17(19)16-15(18-16)11-8-13-6-9-14(20-2)10-7-13/h6-7,9-10,16H,3-5,8,11-12H2,1-2H3.